The summed E-state index contributed by atoms with van der Waals surface area (Å²) in [7, 11) is 0. The summed E-state index contributed by atoms with van der Waals surface area (Å²) in [5.74, 6) is 1.05. The number of anilines is 2. The van der Waals surface area contributed by atoms with Gasteiger partial charge >= 0.3 is 0 Å². The zero-order chi connectivity index (χ0) is 16.1. The van der Waals surface area contributed by atoms with Crippen molar-refractivity contribution >= 4 is 17.1 Å². The standard InChI is InChI=1S/C17H20N2O3/c1-4-22-15-9-10-17(19(20)21)16(11-15)18-14-7-5-13(6-8-14)12(2)3/h5-12,18H,4H2,1-3H3. The van der Waals surface area contributed by atoms with E-state index in [-0.39, 0.29) is 5.69 Å². The van der Waals surface area contributed by atoms with E-state index in [2.05, 4.69) is 19.2 Å². The minimum atomic E-state index is -0.402. The van der Waals surface area contributed by atoms with Crippen molar-refractivity contribution in [1.29, 1.82) is 0 Å². The molecule has 2 aromatic carbocycles. The Labute approximate surface area is 130 Å². The van der Waals surface area contributed by atoms with Crippen molar-refractivity contribution in [2.75, 3.05) is 11.9 Å². The Hall–Kier alpha value is -2.56. The molecule has 1 N–H and O–H groups in total. The van der Waals surface area contributed by atoms with Crippen LogP contribution in [0.1, 0.15) is 32.3 Å². The second-order valence-corrected chi connectivity index (χ2v) is 5.27. The molecule has 5 heteroatoms. The number of ether oxygens (including phenoxy) is 1. The van der Waals surface area contributed by atoms with Gasteiger partial charge in [0.05, 0.1) is 11.5 Å². The normalized spacial score (nSPS) is 10.5. The van der Waals surface area contributed by atoms with E-state index in [0.29, 0.717) is 24.0 Å². The van der Waals surface area contributed by atoms with E-state index < -0.39 is 4.92 Å². The van der Waals surface area contributed by atoms with Crippen molar-refractivity contribution in [2.45, 2.75) is 26.7 Å². The number of hydrogen-bond acceptors (Lipinski definition) is 4. The zero-order valence-electron chi connectivity index (χ0n) is 13.0. The molecule has 0 spiro atoms. The number of benzene rings is 2. The van der Waals surface area contributed by atoms with Crippen LogP contribution in [0.4, 0.5) is 17.1 Å². The van der Waals surface area contributed by atoms with Crippen LogP contribution >= 0.6 is 0 Å². The van der Waals surface area contributed by atoms with Crippen LogP contribution in [0.5, 0.6) is 5.75 Å². The van der Waals surface area contributed by atoms with Gasteiger partial charge in [-0.3, -0.25) is 10.1 Å². The lowest BCUT2D eigenvalue weighted by atomic mass is 10.0. The highest BCUT2D eigenvalue weighted by atomic mass is 16.6. The largest absolute Gasteiger partial charge is 0.494 e. The molecule has 0 aliphatic rings. The summed E-state index contributed by atoms with van der Waals surface area (Å²) in [5.41, 5.74) is 2.48. The third-order valence-electron chi connectivity index (χ3n) is 3.33. The molecule has 0 aliphatic heterocycles. The first kappa shape index (κ1) is 15.8. The summed E-state index contributed by atoms with van der Waals surface area (Å²) in [4.78, 5) is 10.7. The van der Waals surface area contributed by atoms with Crippen LogP contribution in [0.15, 0.2) is 42.5 Å². The molecule has 0 fully saturated rings. The van der Waals surface area contributed by atoms with Crippen molar-refractivity contribution < 1.29 is 9.66 Å². The maximum absolute atomic E-state index is 11.1. The van der Waals surface area contributed by atoms with Crippen LogP contribution in [0.2, 0.25) is 0 Å². The summed E-state index contributed by atoms with van der Waals surface area (Å²) in [6, 6.07) is 12.6. The Kier molecular flexibility index (Phi) is 4.99. The summed E-state index contributed by atoms with van der Waals surface area (Å²) in [5, 5.41) is 14.2. The molecule has 0 saturated heterocycles. The molecule has 0 bridgehead atoms. The van der Waals surface area contributed by atoms with Crippen LogP contribution in [0.3, 0.4) is 0 Å². The van der Waals surface area contributed by atoms with Gasteiger partial charge in [-0.2, -0.15) is 0 Å². The molecule has 0 aromatic heterocycles. The van der Waals surface area contributed by atoms with E-state index in [1.54, 1.807) is 12.1 Å². The molecule has 0 radical (unpaired) electrons. The van der Waals surface area contributed by atoms with Gasteiger partial charge in [0, 0.05) is 17.8 Å². The molecular weight excluding hydrogens is 280 g/mol. The quantitative estimate of drug-likeness (QED) is 0.611. The second kappa shape index (κ2) is 6.93. The van der Waals surface area contributed by atoms with Crippen LogP contribution in [-0.4, -0.2) is 11.5 Å². The van der Waals surface area contributed by atoms with E-state index in [0.717, 1.165) is 5.69 Å². The highest BCUT2D eigenvalue weighted by Gasteiger charge is 2.15. The van der Waals surface area contributed by atoms with Crippen LogP contribution in [0, 0.1) is 10.1 Å². The maximum atomic E-state index is 11.1. The number of nitro benzene ring substituents is 1. The molecule has 0 aliphatic carbocycles. The molecule has 0 unspecified atom stereocenters. The molecule has 0 saturated carbocycles. The van der Waals surface area contributed by atoms with Crippen molar-refractivity contribution in [2.24, 2.45) is 0 Å². The van der Waals surface area contributed by atoms with Crippen LogP contribution < -0.4 is 10.1 Å². The first-order chi connectivity index (χ1) is 10.5. The molecule has 0 atom stereocenters. The third kappa shape index (κ3) is 3.75. The lowest BCUT2D eigenvalue weighted by Gasteiger charge is -2.11. The Morgan fingerprint density at radius 1 is 1.18 bits per heavy atom. The van der Waals surface area contributed by atoms with Crippen LogP contribution in [-0.2, 0) is 0 Å². The lowest BCUT2D eigenvalue weighted by molar-refractivity contribution is -0.383. The Bertz CT molecular complexity index is 651. The molecule has 22 heavy (non-hydrogen) atoms. The molecule has 116 valence electrons. The fraction of sp³-hybridized carbons (Fsp3) is 0.294. The van der Waals surface area contributed by atoms with Crippen molar-refractivity contribution in [1.82, 2.24) is 0 Å². The summed E-state index contributed by atoms with van der Waals surface area (Å²) in [6.07, 6.45) is 0. The Morgan fingerprint density at radius 2 is 1.86 bits per heavy atom. The fourth-order valence-corrected chi connectivity index (χ4v) is 2.14. The predicted molar refractivity (Wildman–Crippen MR) is 88.1 cm³/mol. The summed E-state index contributed by atoms with van der Waals surface area (Å²) < 4.78 is 5.41. The Morgan fingerprint density at radius 3 is 2.41 bits per heavy atom. The highest BCUT2D eigenvalue weighted by molar-refractivity contribution is 5.71. The average Bonchev–Trinajstić information content (AvgIpc) is 2.48. The number of nitrogens with one attached hydrogen (secondary N) is 1. The number of hydrogen-bond donors (Lipinski definition) is 1. The lowest BCUT2D eigenvalue weighted by Crippen LogP contribution is -1.99. The van der Waals surface area contributed by atoms with Gasteiger partial charge in [-0.15, -0.1) is 0 Å². The summed E-state index contributed by atoms with van der Waals surface area (Å²) in [6.45, 7) is 6.64. The fourth-order valence-electron chi connectivity index (χ4n) is 2.14. The van der Waals surface area contributed by atoms with Gasteiger partial charge in [-0.25, -0.2) is 0 Å². The van der Waals surface area contributed by atoms with Gasteiger partial charge in [0.1, 0.15) is 11.4 Å². The molecule has 2 rings (SSSR count). The van der Waals surface area contributed by atoms with E-state index in [9.17, 15) is 10.1 Å². The van der Waals surface area contributed by atoms with Crippen molar-refractivity contribution in [3.63, 3.8) is 0 Å². The van der Waals surface area contributed by atoms with Gasteiger partial charge in [-0.1, -0.05) is 26.0 Å². The third-order valence-corrected chi connectivity index (χ3v) is 3.33. The first-order valence-electron chi connectivity index (χ1n) is 7.29. The van der Waals surface area contributed by atoms with E-state index in [4.69, 9.17) is 4.74 Å². The van der Waals surface area contributed by atoms with Gasteiger partial charge in [-0.05, 0) is 36.6 Å². The smallest absolute Gasteiger partial charge is 0.292 e. The van der Waals surface area contributed by atoms with Gasteiger partial charge in [0.15, 0.2) is 0 Å². The van der Waals surface area contributed by atoms with Crippen LogP contribution in [0.25, 0.3) is 0 Å². The minimum absolute atomic E-state index is 0.0244. The zero-order valence-corrected chi connectivity index (χ0v) is 13.0. The average molecular weight is 300 g/mol. The van der Waals surface area contributed by atoms with E-state index in [1.807, 2.05) is 31.2 Å². The molecule has 2 aromatic rings. The predicted octanol–water partition coefficient (Wildman–Crippen LogP) is 4.86. The molecule has 0 amide bonds. The second-order valence-electron chi connectivity index (χ2n) is 5.27. The van der Waals surface area contributed by atoms with Gasteiger partial charge < -0.3 is 10.1 Å². The monoisotopic (exact) mass is 300 g/mol. The number of nitrogens with zero attached hydrogens (tertiary/aromatic N) is 1. The first-order valence-corrected chi connectivity index (χ1v) is 7.29. The SMILES string of the molecule is CCOc1ccc([N+](=O)[O-])c(Nc2ccc(C(C)C)cc2)c1. The van der Waals surface area contributed by atoms with Gasteiger partial charge in [0.25, 0.3) is 5.69 Å². The number of rotatable bonds is 6. The molecular formula is C17H20N2O3. The molecule has 5 nitrogen and oxygen atoms in total. The summed E-state index contributed by atoms with van der Waals surface area (Å²) >= 11 is 0. The van der Waals surface area contributed by atoms with Crippen molar-refractivity contribution in [3.05, 3.63) is 58.1 Å². The van der Waals surface area contributed by atoms with E-state index in [1.165, 1.54) is 11.6 Å². The highest BCUT2D eigenvalue weighted by Crippen LogP contribution is 2.31. The van der Waals surface area contributed by atoms with E-state index >= 15 is 0 Å². The minimum Gasteiger partial charge on any atom is -0.494 e. The topological polar surface area (TPSA) is 64.4 Å². The van der Waals surface area contributed by atoms with Crippen molar-refractivity contribution in [3.8, 4) is 5.75 Å². The molecule has 0 heterocycles. The number of nitro groups is 1. The van der Waals surface area contributed by atoms with Gasteiger partial charge in [0.2, 0.25) is 0 Å². The Balaban J connectivity index is 2.29. The maximum Gasteiger partial charge on any atom is 0.292 e.